The van der Waals surface area contributed by atoms with Gasteiger partial charge in [0.25, 0.3) is 5.69 Å². The minimum absolute atomic E-state index is 0.0795. The van der Waals surface area contributed by atoms with E-state index in [2.05, 4.69) is 4.98 Å². The van der Waals surface area contributed by atoms with Gasteiger partial charge in [0.1, 0.15) is 5.15 Å². The third kappa shape index (κ3) is 2.60. The van der Waals surface area contributed by atoms with Gasteiger partial charge >= 0.3 is 0 Å². The van der Waals surface area contributed by atoms with Crippen LogP contribution in [0.4, 0.5) is 5.69 Å². The van der Waals surface area contributed by atoms with Crippen LogP contribution in [0, 0.1) is 17.0 Å². The monoisotopic (exact) mass is 282 g/mol. The lowest BCUT2D eigenvalue weighted by Gasteiger charge is -2.04. The lowest BCUT2D eigenvalue weighted by atomic mass is 10.1. The Labute approximate surface area is 113 Å². The summed E-state index contributed by atoms with van der Waals surface area (Å²) in [6.45, 7) is 1.87. The van der Waals surface area contributed by atoms with Crippen molar-refractivity contribution in [3.63, 3.8) is 0 Å². The Morgan fingerprint density at radius 3 is 2.56 bits per heavy atom. The fraction of sp³-hybridized carbons (Fsp3) is 0.0833. The van der Waals surface area contributed by atoms with Crippen molar-refractivity contribution in [3.05, 3.63) is 56.2 Å². The van der Waals surface area contributed by atoms with E-state index in [-0.39, 0.29) is 10.8 Å². The molecule has 6 heteroatoms. The van der Waals surface area contributed by atoms with Crippen LogP contribution in [0.1, 0.15) is 5.56 Å². The van der Waals surface area contributed by atoms with E-state index in [4.69, 9.17) is 23.2 Å². The van der Waals surface area contributed by atoms with Gasteiger partial charge in [-0.15, -0.1) is 0 Å². The zero-order chi connectivity index (χ0) is 13.3. The number of aryl methyl sites for hydroxylation is 1. The summed E-state index contributed by atoms with van der Waals surface area (Å²) in [4.78, 5) is 14.3. The van der Waals surface area contributed by atoms with Gasteiger partial charge in [-0.25, -0.2) is 4.98 Å². The molecule has 0 aliphatic carbocycles. The van der Waals surface area contributed by atoms with Crippen LogP contribution < -0.4 is 0 Å². The Morgan fingerprint density at radius 2 is 1.94 bits per heavy atom. The van der Waals surface area contributed by atoms with Gasteiger partial charge in [-0.1, -0.05) is 35.3 Å². The second-order valence-corrected chi connectivity index (χ2v) is 4.55. The van der Waals surface area contributed by atoms with E-state index in [0.717, 1.165) is 5.56 Å². The van der Waals surface area contributed by atoms with Gasteiger partial charge in [0.05, 0.1) is 16.7 Å². The highest BCUT2D eigenvalue weighted by atomic mass is 35.5. The van der Waals surface area contributed by atoms with Crippen LogP contribution in [0.25, 0.3) is 11.3 Å². The van der Waals surface area contributed by atoms with Crippen molar-refractivity contribution in [2.24, 2.45) is 0 Å². The molecule has 0 saturated heterocycles. The summed E-state index contributed by atoms with van der Waals surface area (Å²) in [7, 11) is 0. The Hall–Kier alpha value is -1.65. The molecule has 1 heterocycles. The Morgan fingerprint density at radius 1 is 1.22 bits per heavy atom. The van der Waals surface area contributed by atoms with Crippen molar-refractivity contribution >= 4 is 28.9 Å². The SMILES string of the molecule is Cc1ccc(-c2cc([N+](=O)[O-])cc(Cl)n2)cc1Cl. The molecule has 0 N–H and O–H groups in total. The molecule has 92 valence electrons. The summed E-state index contributed by atoms with van der Waals surface area (Å²) in [6, 6.07) is 7.91. The van der Waals surface area contributed by atoms with Gasteiger partial charge in [0, 0.05) is 16.7 Å². The number of hydrogen-bond donors (Lipinski definition) is 0. The maximum absolute atomic E-state index is 10.8. The first-order valence-corrected chi connectivity index (χ1v) is 5.81. The van der Waals surface area contributed by atoms with Gasteiger partial charge < -0.3 is 0 Å². The largest absolute Gasteiger partial charge is 0.274 e. The molecule has 0 saturated carbocycles. The molecule has 4 nitrogen and oxygen atoms in total. The molecule has 2 aromatic rings. The van der Waals surface area contributed by atoms with E-state index in [0.29, 0.717) is 16.3 Å². The average molecular weight is 283 g/mol. The van der Waals surface area contributed by atoms with Gasteiger partial charge in [-0.05, 0) is 18.6 Å². The van der Waals surface area contributed by atoms with E-state index >= 15 is 0 Å². The molecule has 0 unspecified atom stereocenters. The molecule has 18 heavy (non-hydrogen) atoms. The third-order valence-corrected chi connectivity index (χ3v) is 3.06. The predicted molar refractivity (Wildman–Crippen MR) is 71.1 cm³/mol. The van der Waals surface area contributed by atoms with E-state index < -0.39 is 4.92 Å². The van der Waals surface area contributed by atoms with Crippen LogP contribution in [0.2, 0.25) is 10.2 Å². The molecule has 0 aliphatic rings. The number of nitro groups is 1. The molecule has 0 fully saturated rings. The molecule has 0 spiro atoms. The molecule has 0 atom stereocenters. The standard InChI is InChI=1S/C12H8Cl2N2O2/c1-7-2-3-8(4-10(7)13)11-5-9(16(17)18)6-12(14)15-11/h2-6H,1H3. The second kappa shape index (κ2) is 4.92. The molecule has 0 radical (unpaired) electrons. The molecule has 1 aromatic carbocycles. The molecule has 0 bridgehead atoms. The number of rotatable bonds is 2. The van der Waals surface area contributed by atoms with Crippen molar-refractivity contribution < 1.29 is 4.92 Å². The maximum atomic E-state index is 10.8. The highest BCUT2D eigenvalue weighted by molar-refractivity contribution is 6.31. The van der Waals surface area contributed by atoms with E-state index in [1.54, 1.807) is 12.1 Å². The van der Waals surface area contributed by atoms with Gasteiger partial charge in [0.15, 0.2) is 0 Å². The summed E-state index contributed by atoms with van der Waals surface area (Å²) >= 11 is 11.8. The number of nitrogens with zero attached hydrogens (tertiary/aromatic N) is 2. The van der Waals surface area contributed by atoms with Crippen molar-refractivity contribution in [1.29, 1.82) is 0 Å². The Bertz CT molecular complexity index is 629. The number of halogens is 2. The second-order valence-electron chi connectivity index (χ2n) is 3.75. The molecule has 2 rings (SSSR count). The Kier molecular flexibility index (Phi) is 3.50. The van der Waals surface area contributed by atoms with Gasteiger partial charge in [0.2, 0.25) is 0 Å². The van der Waals surface area contributed by atoms with E-state index in [9.17, 15) is 10.1 Å². The molecule has 1 aromatic heterocycles. The molecule has 0 aliphatic heterocycles. The zero-order valence-corrected chi connectivity index (χ0v) is 10.9. The first kappa shape index (κ1) is 12.8. The first-order chi connectivity index (χ1) is 8.47. The smallest absolute Gasteiger partial charge is 0.258 e. The summed E-state index contributed by atoms with van der Waals surface area (Å²) in [5.74, 6) is 0. The molecular formula is C12H8Cl2N2O2. The summed E-state index contributed by atoms with van der Waals surface area (Å²) < 4.78 is 0. The number of aromatic nitrogens is 1. The topological polar surface area (TPSA) is 56.0 Å². The third-order valence-electron chi connectivity index (χ3n) is 2.46. The van der Waals surface area contributed by atoms with Gasteiger partial charge in [-0.3, -0.25) is 10.1 Å². The van der Waals surface area contributed by atoms with Crippen molar-refractivity contribution in [1.82, 2.24) is 4.98 Å². The van der Waals surface area contributed by atoms with E-state index in [1.165, 1.54) is 12.1 Å². The van der Waals surface area contributed by atoms with Crippen molar-refractivity contribution in [3.8, 4) is 11.3 Å². The minimum atomic E-state index is -0.507. The summed E-state index contributed by atoms with van der Waals surface area (Å²) in [5.41, 5.74) is 1.95. The van der Waals surface area contributed by atoms with Gasteiger partial charge in [-0.2, -0.15) is 0 Å². The molecular weight excluding hydrogens is 275 g/mol. The Balaban J connectivity index is 2.56. The van der Waals surface area contributed by atoms with Crippen LogP contribution in [0.15, 0.2) is 30.3 Å². The lowest BCUT2D eigenvalue weighted by Crippen LogP contribution is -1.92. The maximum Gasteiger partial charge on any atom is 0.274 e. The number of hydrogen-bond acceptors (Lipinski definition) is 3. The van der Waals surface area contributed by atoms with Crippen LogP contribution in [0.5, 0.6) is 0 Å². The molecule has 0 amide bonds. The fourth-order valence-electron chi connectivity index (χ4n) is 1.49. The van der Waals surface area contributed by atoms with E-state index in [1.807, 2.05) is 13.0 Å². The zero-order valence-electron chi connectivity index (χ0n) is 9.35. The summed E-state index contributed by atoms with van der Waals surface area (Å²) in [5, 5.41) is 11.4. The van der Waals surface area contributed by atoms with Crippen molar-refractivity contribution in [2.45, 2.75) is 6.92 Å². The number of benzene rings is 1. The normalized spacial score (nSPS) is 10.4. The van der Waals surface area contributed by atoms with Crippen molar-refractivity contribution in [2.75, 3.05) is 0 Å². The minimum Gasteiger partial charge on any atom is -0.258 e. The highest BCUT2D eigenvalue weighted by Crippen LogP contribution is 2.28. The van der Waals surface area contributed by atoms with Crippen LogP contribution in [-0.4, -0.2) is 9.91 Å². The summed E-state index contributed by atoms with van der Waals surface area (Å²) in [6.07, 6.45) is 0. The number of pyridine rings is 1. The van der Waals surface area contributed by atoms with Crippen LogP contribution in [0.3, 0.4) is 0 Å². The fourth-order valence-corrected chi connectivity index (χ4v) is 1.87. The van der Waals surface area contributed by atoms with Crippen LogP contribution >= 0.6 is 23.2 Å². The predicted octanol–water partition coefficient (Wildman–Crippen LogP) is 4.27. The quantitative estimate of drug-likeness (QED) is 0.469. The lowest BCUT2D eigenvalue weighted by molar-refractivity contribution is -0.384. The average Bonchev–Trinajstić information content (AvgIpc) is 2.31. The van der Waals surface area contributed by atoms with Crippen LogP contribution in [-0.2, 0) is 0 Å². The first-order valence-electron chi connectivity index (χ1n) is 5.06. The highest BCUT2D eigenvalue weighted by Gasteiger charge is 2.12.